The third kappa shape index (κ3) is 7.74. The summed E-state index contributed by atoms with van der Waals surface area (Å²) in [6.07, 6.45) is -14.9. The van der Waals surface area contributed by atoms with Gasteiger partial charge in [-0.05, 0) is 18.9 Å². The smallest absolute Gasteiger partial charge is 0.369 e. The summed E-state index contributed by atoms with van der Waals surface area (Å²) in [6, 6.07) is 13.1. The summed E-state index contributed by atoms with van der Waals surface area (Å²) in [4.78, 5) is 42.9. The molecule has 40 heavy (non-hydrogen) atoms. The molecule has 0 aliphatic carbocycles. The van der Waals surface area contributed by atoms with Crippen LogP contribution in [0.25, 0.3) is 0 Å². The van der Waals surface area contributed by atoms with Crippen molar-refractivity contribution >= 4 is 40.7 Å². The number of carbonyl (C=O) groups is 3. The van der Waals surface area contributed by atoms with Gasteiger partial charge in [-0.25, -0.2) is 4.99 Å². The highest BCUT2D eigenvalue weighted by Gasteiger charge is 2.44. The number of aliphatic imine (C=N–C) groups is 1. The summed E-state index contributed by atoms with van der Waals surface area (Å²) in [5.74, 6) is -9.56. The molecule has 0 radical (unpaired) electrons. The molecule has 0 saturated heterocycles. The number of primary amides is 1. The Morgan fingerprint density at radius 2 is 1.70 bits per heavy atom. The van der Waals surface area contributed by atoms with E-state index >= 15 is 0 Å². The van der Waals surface area contributed by atoms with E-state index in [2.05, 4.69) is 15.6 Å². The highest BCUT2D eigenvalue weighted by Crippen LogP contribution is 2.36. The molecule has 1 aliphatic rings. The summed E-state index contributed by atoms with van der Waals surface area (Å²) in [5.41, 5.74) is 6.52. The molecular weight excluding hydrogens is 566 g/mol. The molecule has 0 spiro atoms. The summed E-state index contributed by atoms with van der Waals surface area (Å²) < 4.78 is 78.9. The first kappa shape index (κ1) is 30.9. The van der Waals surface area contributed by atoms with Crippen molar-refractivity contribution in [2.45, 2.75) is 44.7 Å². The lowest BCUT2D eigenvalue weighted by atomic mass is 9.80. The number of hydrogen-bond donors (Lipinski definition) is 3. The minimum atomic E-state index is -4.79. The second-order valence-electron chi connectivity index (χ2n) is 9.35. The van der Waals surface area contributed by atoms with E-state index in [1.54, 1.807) is 42.5 Å². The third-order valence-corrected chi connectivity index (χ3v) is 6.76. The number of amides is 3. The number of carbonyl (C=O) groups excluding carboxylic acids is 3. The van der Waals surface area contributed by atoms with E-state index in [1.807, 2.05) is 0 Å². The average Bonchev–Trinajstić information content (AvgIpc) is 2.99. The number of nitrogens with two attached hydrogens (primary N) is 1. The molecule has 4 N–H and O–H groups in total. The Bertz CT molecular complexity index is 1280. The number of benzodiazepines with no additional fused rings is 1. The van der Waals surface area contributed by atoms with Crippen LogP contribution in [0.3, 0.4) is 0 Å². The molecular formula is C26H25ClF6N4O3. The maximum atomic E-state index is 13.3. The van der Waals surface area contributed by atoms with Crippen LogP contribution >= 0.6 is 11.6 Å². The molecule has 3 amide bonds. The van der Waals surface area contributed by atoms with Crippen LogP contribution in [0.1, 0.15) is 37.3 Å². The Morgan fingerprint density at radius 3 is 2.27 bits per heavy atom. The Kier molecular flexibility index (Phi) is 9.49. The quantitative estimate of drug-likeness (QED) is 0.348. The maximum absolute atomic E-state index is 13.3. The molecule has 216 valence electrons. The van der Waals surface area contributed by atoms with Crippen LogP contribution in [-0.4, -0.2) is 42.0 Å². The van der Waals surface area contributed by atoms with Crippen molar-refractivity contribution in [3.63, 3.8) is 0 Å². The molecule has 2 aromatic carbocycles. The Balaban J connectivity index is 2.01. The molecule has 4 atom stereocenters. The summed E-state index contributed by atoms with van der Waals surface area (Å²) >= 11 is 6.28. The molecule has 0 bridgehead atoms. The normalized spacial score (nSPS) is 17.9. The Labute approximate surface area is 230 Å². The van der Waals surface area contributed by atoms with Gasteiger partial charge in [-0.15, -0.1) is 0 Å². The van der Waals surface area contributed by atoms with E-state index in [0.717, 1.165) is 6.92 Å². The highest BCUT2D eigenvalue weighted by atomic mass is 35.5. The van der Waals surface area contributed by atoms with Crippen LogP contribution < -0.4 is 16.4 Å². The lowest BCUT2D eigenvalue weighted by Crippen LogP contribution is -2.48. The zero-order chi connectivity index (χ0) is 29.8. The number of halogens is 7. The van der Waals surface area contributed by atoms with E-state index in [-0.39, 0.29) is 16.4 Å². The standard InChI is InChI=1S/C26H25ClF6N4O3/c1-13(26(31,32)33)12-17(21(34)38)15(10-11-25(28,29)30)23(39)37-22-24(40)36-20-16(8-5-9-18(20)27)19(35-22)14-6-3-2-4-7-14/h2-9,13,15,17,22H,10-12H2,1H3,(H2,34,38)(H,36,40)(H,37,39)/t13-,15-,17+,22-/m1/s1. The largest absolute Gasteiger partial charge is 0.391 e. The van der Waals surface area contributed by atoms with Crippen molar-refractivity contribution in [2.24, 2.45) is 28.5 Å². The van der Waals surface area contributed by atoms with Gasteiger partial charge in [0.05, 0.1) is 22.3 Å². The number of nitrogens with zero attached hydrogens (tertiary/aromatic N) is 1. The lowest BCUT2D eigenvalue weighted by Gasteiger charge is -2.28. The molecule has 1 heterocycles. The van der Waals surface area contributed by atoms with E-state index in [9.17, 15) is 40.7 Å². The predicted octanol–water partition coefficient (Wildman–Crippen LogP) is 5.22. The van der Waals surface area contributed by atoms with Crippen molar-refractivity contribution in [3.8, 4) is 0 Å². The van der Waals surface area contributed by atoms with Crippen molar-refractivity contribution in [2.75, 3.05) is 5.32 Å². The highest BCUT2D eigenvalue weighted by molar-refractivity contribution is 6.36. The summed E-state index contributed by atoms with van der Waals surface area (Å²) in [7, 11) is 0. The fourth-order valence-corrected chi connectivity index (χ4v) is 4.51. The van der Waals surface area contributed by atoms with Crippen LogP contribution in [0.2, 0.25) is 5.02 Å². The number of anilines is 1. The molecule has 0 unspecified atom stereocenters. The number of fused-ring (bicyclic) bond motifs is 1. The van der Waals surface area contributed by atoms with Gasteiger partial charge >= 0.3 is 12.4 Å². The van der Waals surface area contributed by atoms with E-state index in [0.29, 0.717) is 11.1 Å². The van der Waals surface area contributed by atoms with Gasteiger partial charge in [0.25, 0.3) is 5.91 Å². The molecule has 2 aromatic rings. The zero-order valence-electron chi connectivity index (χ0n) is 20.9. The molecule has 0 saturated carbocycles. The van der Waals surface area contributed by atoms with Crippen LogP contribution in [0, 0.1) is 17.8 Å². The number of para-hydroxylation sites is 1. The van der Waals surface area contributed by atoms with E-state index in [4.69, 9.17) is 17.3 Å². The molecule has 14 heteroatoms. The molecule has 0 fully saturated rings. The van der Waals surface area contributed by atoms with Crippen molar-refractivity contribution in [3.05, 3.63) is 64.7 Å². The van der Waals surface area contributed by atoms with E-state index < -0.39 is 73.3 Å². The average molecular weight is 591 g/mol. The number of nitrogens with one attached hydrogen (secondary N) is 2. The number of alkyl halides is 6. The van der Waals surface area contributed by atoms with Crippen molar-refractivity contribution in [1.82, 2.24) is 5.32 Å². The molecule has 3 rings (SSSR count). The molecule has 7 nitrogen and oxygen atoms in total. The first-order valence-electron chi connectivity index (χ1n) is 12.0. The van der Waals surface area contributed by atoms with Crippen LogP contribution in [-0.2, 0) is 14.4 Å². The number of rotatable bonds is 9. The molecule has 0 aromatic heterocycles. The fourth-order valence-electron chi connectivity index (χ4n) is 4.29. The summed E-state index contributed by atoms with van der Waals surface area (Å²) in [6.45, 7) is 0.727. The summed E-state index contributed by atoms with van der Waals surface area (Å²) in [5, 5.41) is 4.87. The second-order valence-corrected chi connectivity index (χ2v) is 9.76. The Hall–Kier alpha value is -3.61. The third-order valence-electron chi connectivity index (χ3n) is 6.44. The van der Waals surface area contributed by atoms with Crippen LogP contribution in [0.15, 0.2) is 53.5 Å². The van der Waals surface area contributed by atoms with Crippen molar-refractivity contribution in [1.29, 1.82) is 0 Å². The van der Waals surface area contributed by atoms with Gasteiger partial charge in [-0.2, -0.15) is 26.3 Å². The fraction of sp³-hybridized carbons (Fsp3) is 0.385. The van der Waals surface area contributed by atoms with Crippen molar-refractivity contribution < 1.29 is 40.7 Å². The van der Waals surface area contributed by atoms with E-state index in [1.165, 1.54) is 6.07 Å². The lowest BCUT2D eigenvalue weighted by molar-refractivity contribution is -0.177. The SMILES string of the molecule is C[C@H](C[C@H](C(N)=O)[C@@H](CCC(F)(F)F)C(=O)N[C@H]1N=C(c2ccccc2)c2cccc(Cl)c2NC1=O)C(F)(F)F. The minimum Gasteiger partial charge on any atom is -0.369 e. The predicted molar refractivity (Wildman–Crippen MR) is 135 cm³/mol. The molecule has 1 aliphatic heterocycles. The Morgan fingerprint density at radius 1 is 1.05 bits per heavy atom. The van der Waals surface area contributed by atoms with Gasteiger partial charge in [0.15, 0.2) is 0 Å². The monoisotopic (exact) mass is 590 g/mol. The van der Waals surface area contributed by atoms with Crippen LogP contribution in [0.5, 0.6) is 0 Å². The first-order chi connectivity index (χ1) is 18.6. The maximum Gasteiger partial charge on any atom is 0.391 e. The van der Waals surface area contributed by atoms with Gasteiger partial charge in [0.1, 0.15) is 0 Å². The van der Waals surface area contributed by atoms with Gasteiger partial charge < -0.3 is 16.4 Å². The van der Waals surface area contributed by atoms with Gasteiger partial charge in [-0.1, -0.05) is 61.0 Å². The van der Waals surface area contributed by atoms with Gasteiger partial charge in [0, 0.05) is 29.4 Å². The van der Waals surface area contributed by atoms with Gasteiger partial charge in [-0.3, -0.25) is 14.4 Å². The first-order valence-corrected chi connectivity index (χ1v) is 12.4. The minimum absolute atomic E-state index is 0.138. The number of hydrogen-bond acceptors (Lipinski definition) is 4. The van der Waals surface area contributed by atoms with Crippen LogP contribution in [0.4, 0.5) is 32.0 Å². The number of benzene rings is 2. The zero-order valence-corrected chi connectivity index (χ0v) is 21.7. The van der Waals surface area contributed by atoms with Gasteiger partial charge in [0.2, 0.25) is 18.0 Å². The second kappa shape index (κ2) is 12.3. The topological polar surface area (TPSA) is 114 Å².